The number of phosphoric ester groups is 1. The van der Waals surface area contributed by atoms with E-state index < -0.39 is 7.82 Å². The molecule has 0 rings (SSSR count). The summed E-state index contributed by atoms with van der Waals surface area (Å²) in [5.74, 6) is 0. The Bertz CT molecular complexity index is 427. The summed E-state index contributed by atoms with van der Waals surface area (Å²) in [5, 5.41) is 0. The summed E-state index contributed by atoms with van der Waals surface area (Å²) in [5.41, 5.74) is 0. The number of rotatable bonds is 33. The lowest BCUT2D eigenvalue weighted by Gasteiger charge is -2.18. The summed E-state index contributed by atoms with van der Waals surface area (Å²) in [6.07, 6.45) is 22.0. The minimum Gasteiger partial charge on any atom is -0.379 e. The highest BCUT2D eigenvalue weighted by Crippen LogP contribution is 2.49. The Balaban J connectivity index is 4.07. The first-order valence-electron chi connectivity index (χ1n) is 15.9. The highest BCUT2D eigenvalue weighted by Gasteiger charge is 2.26. The second-order valence-electron chi connectivity index (χ2n) is 10.1. The molecule has 7 nitrogen and oxygen atoms in total. The van der Waals surface area contributed by atoms with E-state index in [-0.39, 0.29) is 19.8 Å². The molecule has 0 radical (unpaired) electrons. The molecule has 0 bridgehead atoms. The molecule has 0 aromatic rings. The Labute approximate surface area is 236 Å². The largest absolute Gasteiger partial charge is 0.475 e. The van der Waals surface area contributed by atoms with E-state index in [1.165, 1.54) is 96.3 Å². The van der Waals surface area contributed by atoms with Crippen LogP contribution in [0.2, 0.25) is 0 Å². The molecule has 38 heavy (non-hydrogen) atoms. The first-order valence-corrected chi connectivity index (χ1v) is 17.4. The summed E-state index contributed by atoms with van der Waals surface area (Å²) >= 11 is 0. The molecular weight excluding hydrogens is 503 g/mol. The van der Waals surface area contributed by atoms with Crippen LogP contribution >= 0.6 is 7.82 Å². The van der Waals surface area contributed by atoms with E-state index in [0.717, 1.165) is 19.3 Å². The van der Waals surface area contributed by atoms with Gasteiger partial charge < -0.3 is 14.2 Å². The van der Waals surface area contributed by atoms with Crippen LogP contribution in [0.4, 0.5) is 0 Å². The third kappa shape index (κ3) is 29.0. The summed E-state index contributed by atoms with van der Waals surface area (Å²) in [6.45, 7) is 10.4. The van der Waals surface area contributed by atoms with Crippen molar-refractivity contribution in [3.63, 3.8) is 0 Å². The maximum absolute atomic E-state index is 13.1. The summed E-state index contributed by atoms with van der Waals surface area (Å²) < 4.78 is 46.6. The monoisotopic (exact) mass is 566 g/mol. The van der Waals surface area contributed by atoms with Crippen LogP contribution in [0.1, 0.15) is 136 Å². The van der Waals surface area contributed by atoms with E-state index in [1.54, 1.807) is 0 Å². The van der Waals surface area contributed by atoms with Crippen molar-refractivity contribution in [2.45, 2.75) is 136 Å². The van der Waals surface area contributed by atoms with Crippen LogP contribution in [-0.4, -0.2) is 59.5 Å². The van der Waals surface area contributed by atoms with Crippen LogP contribution in [0.25, 0.3) is 0 Å². The second-order valence-corrected chi connectivity index (χ2v) is 11.8. The molecule has 0 unspecified atom stereocenters. The van der Waals surface area contributed by atoms with Gasteiger partial charge in [-0.25, -0.2) is 4.57 Å². The van der Waals surface area contributed by atoms with Crippen molar-refractivity contribution >= 4 is 7.82 Å². The van der Waals surface area contributed by atoms with Gasteiger partial charge in [0.2, 0.25) is 0 Å². The fourth-order valence-electron chi connectivity index (χ4n) is 4.00. The van der Waals surface area contributed by atoms with Gasteiger partial charge in [-0.15, -0.1) is 0 Å². The van der Waals surface area contributed by atoms with Gasteiger partial charge in [0.15, 0.2) is 0 Å². The smallest absolute Gasteiger partial charge is 0.379 e. The van der Waals surface area contributed by atoms with E-state index >= 15 is 0 Å². The molecular formula is C30H63O7P. The van der Waals surface area contributed by atoms with Gasteiger partial charge in [0.05, 0.1) is 39.6 Å². The van der Waals surface area contributed by atoms with Crippen LogP contribution in [0, 0.1) is 0 Å². The molecule has 0 saturated heterocycles. The molecule has 0 aromatic carbocycles. The molecule has 0 N–H and O–H groups in total. The van der Waals surface area contributed by atoms with Crippen molar-refractivity contribution < 1.29 is 32.3 Å². The molecule has 0 amide bonds. The Hall–Kier alpha value is -0.0100. The fraction of sp³-hybridized carbons (Fsp3) is 1.00. The molecule has 0 aliphatic heterocycles. The van der Waals surface area contributed by atoms with Crippen molar-refractivity contribution in [2.24, 2.45) is 0 Å². The Morgan fingerprint density at radius 1 is 0.342 bits per heavy atom. The predicted octanol–water partition coefficient (Wildman–Crippen LogP) is 9.28. The lowest BCUT2D eigenvalue weighted by molar-refractivity contribution is 0.0327. The van der Waals surface area contributed by atoms with Crippen molar-refractivity contribution in [1.29, 1.82) is 0 Å². The van der Waals surface area contributed by atoms with Gasteiger partial charge in [-0.3, -0.25) is 13.6 Å². The highest BCUT2D eigenvalue weighted by atomic mass is 31.2. The molecule has 0 saturated carbocycles. The molecule has 0 aliphatic carbocycles. The van der Waals surface area contributed by atoms with E-state index in [9.17, 15) is 4.57 Å². The molecule has 0 aromatic heterocycles. The van der Waals surface area contributed by atoms with Crippen LogP contribution in [0.5, 0.6) is 0 Å². The molecule has 0 fully saturated rings. The minimum absolute atomic E-state index is 0.171. The standard InChI is InChI=1S/C30H63O7P/c1-4-7-10-13-16-19-22-32-25-28-35-38(31,36-29-26-33-23-20-17-14-11-8-5-2)37-30-27-34-24-21-18-15-12-9-6-3/h4-30H2,1-3H3. The number of hydrogen-bond acceptors (Lipinski definition) is 7. The molecule has 0 spiro atoms. The summed E-state index contributed by atoms with van der Waals surface area (Å²) in [7, 11) is -3.68. The average Bonchev–Trinajstić information content (AvgIpc) is 2.92. The maximum atomic E-state index is 13.1. The third-order valence-corrected chi connectivity index (χ3v) is 7.85. The summed E-state index contributed by atoms with van der Waals surface area (Å²) in [4.78, 5) is 0. The van der Waals surface area contributed by atoms with Gasteiger partial charge in [0.25, 0.3) is 0 Å². The van der Waals surface area contributed by atoms with Gasteiger partial charge in [0, 0.05) is 19.8 Å². The van der Waals surface area contributed by atoms with Crippen LogP contribution < -0.4 is 0 Å². The van der Waals surface area contributed by atoms with Crippen molar-refractivity contribution in [3.8, 4) is 0 Å². The van der Waals surface area contributed by atoms with Crippen molar-refractivity contribution in [2.75, 3.05) is 59.5 Å². The predicted molar refractivity (Wildman–Crippen MR) is 158 cm³/mol. The quantitative estimate of drug-likeness (QED) is 0.0579. The number of hydrogen-bond donors (Lipinski definition) is 0. The first kappa shape index (κ1) is 38.0. The maximum Gasteiger partial charge on any atom is 0.475 e. The normalized spacial score (nSPS) is 12.0. The molecule has 0 heterocycles. The molecule has 0 atom stereocenters. The zero-order chi connectivity index (χ0) is 27.8. The number of unbranched alkanes of at least 4 members (excludes halogenated alkanes) is 15. The Morgan fingerprint density at radius 2 is 0.605 bits per heavy atom. The molecule has 8 heteroatoms. The Morgan fingerprint density at radius 3 is 0.895 bits per heavy atom. The highest BCUT2D eigenvalue weighted by molar-refractivity contribution is 7.48. The zero-order valence-corrected chi connectivity index (χ0v) is 26.3. The topological polar surface area (TPSA) is 72.5 Å². The van der Waals surface area contributed by atoms with Gasteiger partial charge >= 0.3 is 7.82 Å². The second kappa shape index (κ2) is 31.5. The average molecular weight is 567 g/mol. The fourth-order valence-corrected chi connectivity index (χ4v) is 5.11. The minimum atomic E-state index is -3.68. The van der Waals surface area contributed by atoms with Crippen LogP contribution in [0.15, 0.2) is 0 Å². The van der Waals surface area contributed by atoms with E-state index in [0.29, 0.717) is 39.6 Å². The lowest BCUT2D eigenvalue weighted by Crippen LogP contribution is -2.12. The van der Waals surface area contributed by atoms with Gasteiger partial charge in [-0.1, -0.05) is 117 Å². The zero-order valence-electron chi connectivity index (χ0n) is 25.4. The van der Waals surface area contributed by atoms with Crippen LogP contribution in [-0.2, 0) is 32.3 Å². The van der Waals surface area contributed by atoms with E-state index in [4.69, 9.17) is 27.8 Å². The Kier molecular flexibility index (Phi) is 31.5. The lowest BCUT2D eigenvalue weighted by atomic mass is 10.1. The van der Waals surface area contributed by atoms with Crippen molar-refractivity contribution in [1.82, 2.24) is 0 Å². The van der Waals surface area contributed by atoms with E-state index in [2.05, 4.69) is 20.8 Å². The molecule has 0 aliphatic rings. The van der Waals surface area contributed by atoms with Gasteiger partial charge in [-0.2, -0.15) is 0 Å². The van der Waals surface area contributed by atoms with Crippen molar-refractivity contribution in [3.05, 3.63) is 0 Å². The van der Waals surface area contributed by atoms with E-state index in [1.807, 2.05) is 0 Å². The van der Waals surface area contributed by atoms with Gasteiger partial charge in [-0.05, 0) is 19.3 Å². The first-order chi connectivity index (χ1) is 18.7. The SMILES string of the molecule is CCCCCCCCOCCOP(=O)(OCCOCCCCCCCC)OCCOCCCCCCCC. The van der Waals surface area contributed by atoms with Gasteiger partial charge in [0.1, 0.15) is 0 Å². The molecule has 230 valence electrons. The third-order valence-electron chi connectivity index (χ3n) is 6.36. The summed E-state index contributed by atoms with van der Waals surface area (Å²) in [6, 6.07) is 0. The van der Waals surface area contributed by atoms with Crippen LogP contribution in [0.3, 0.4) is 0 Å². The number of ether oxygens (including phenoxy) is 3. The number of phosphoric acid groups is 1.